The van der Waals surface area contributed by atoms with Gasteiger partial charge < -0.3 is 9.88 Å². The third kappa shape index (κ3) is 4.50. The first-order valence-electron chi connectivity index (χ1n) is 9.95. The van der Waals surface area contributed by atoms with Crippen molar-refractivity contribution in [2.45, 2.75) is 32.5 Å². The Kier molecular flexibility index (Phi) is 5.77. The van der Waals surface area contributed by atoms with Gasteiger partial charge >= 0.3 is 0 Å². The standard InChI is InChI=1S/C23H24N6O/c1-17(30)27-29-13-20-9-19(11-24)7-8-23(20)28(14-21-12-25-16-26-21)15-22(29)10-18-5-3-2-4-6-18/h2-9,12,16,22H,10,13-15H2,1H3,(H,25,26)(H,27,30)/t22-/m1/s1. The molecule has 4 rings (SSSR count). The second-order valence-corrected chi connectivity index (χ2v) is 7.55. The van der Waals surface area contributed by atoms with Gasteiger partial charge in [0.2, 0.25) is 5.91 Å². The molecule has 2 heterocycles. The number of benzene rings is 2. The van der Waals surface area contributed by atoms with Crippen LogP contribution in [-0.4, -0.2) is 33.5 Å². The zero-order valence-corrected chi connectivity index (χ0v) is 16.9. The van der Waals surface area contributed by atoms with E-state index in [4.69, 9.17) is 0 Å². The second-order valence-electron chi connectivity index (χ2n) is 7.55. The molecule has 0 radical (unpaired) electrons. The molecule has 0 fully saturated rings. The number of nitrogens with one attached hydrogen (secondary N) is 2. The van der Waals surface area contributed by atoms with E-state index in [0.717, 1.165) is 23.4 Å². The topological polar surface area (TPSA) is 88.1 Å². The van der Waals surface area contributed by atoms with Gasteiger partial charge in [0, 0.05) is 31.9 Å². The van der Waals surface area contributed by atoms with Gasteiger partial charge in [0.05, 0.1) is 36.2 Å². The van der Waals surface area contributed by atoms with Crippen LogP contribution in [0.4, 0.5) is 5.69 Å². The SMILES string of the molecule is CC(=O)NN1Cc2cc(C#N)ccc2N(Cc2cnc[nH]2)C[C@H]1Cc1ccccc1. The third-order valence-corrected chi connectivity index (χ3v) is 5.29. The fraction of sp³-hybridized carbons (Fsp3) is 0.261. The maximum Gasteiger partial charge on any atom is 0.231 e. The van der Waals surface area contributed by atoms with Crippen molar-refractivity contribution in [3.63, 3.8) is 0 Å². The largest absolute Gasteiger partial charge is 0.364 e. The van der Waals surface area contributed by atoms with Crippen LogP contribution in [0.2, 0.25) is 0 Å². The highest BCUT2D eigenvalue weighted by molar-refractivity contribution is 5.72. The van der Waals surface area contributed by atoms with Crippen LogP contribution in [0.15, 0.2) is 61.1 Å². The van der Waals surface area contributed by atoms with Gasteiger partial charge in [0.25, 0.3) is 0 Å². The number of carbonyl (C=O) groups is 1. The summed E-state index contributed by atoms with van der Waals surface area (Å²) in [5.74, 6) is -0.104. The van der Waals surface area contributed by atoms with Gasteiger partial charge in [-0.05, 0) is 35.7 Å². The molecular weight excluding hydrogens is 376 g/mol. The molecule has 0 unspecified atom stereocenters. The van der Waals surface area contributed by atoms with Crippen LogP contribution in [0, 0.1) is 11.3 Å². The van der Waals surface area contributed by atoms with E-state index in [9.17, 15) is 10.1 Å². The lowest BCUT2D eigenvalue weighted by atomic mass is 10.1. The lowest BCUT2D eigenvalue weighted by Gasteiger charge is -2.32. The number of carbonyl (C=O) groups excluding carboxylic acids is 1. The van der Waals surface area contributed by atoms with Crippen LogP contribution in [0.5, 0.6) is 0 Å². The summed E-state index contributed by atoms with van der Waals surface area (Å²) in [6.45, 7) is 3.44. The van der Waals surface area contributed by atoms with Crippen molar-refractivity contribution in [2.24, 2.45) is 0 Å². The van der Waals surface area contributed by atoms with Gasteiger partial charge in [0.1, 0.15) is 0 Å². The number of anilines is 1. The molecule has 3 aromatic rings. The summed E-state index contributed by atoms with van der Waals surface area (Å²) < 4.78 is 0. The van der Waals surface area contributed by atoms with E-state index in [0.29, 0.717) is 25.2 Å². The van der Waals surface area contributed by atoms with Crippen LogP contribution >= 0.6 is 0 Å². The summed E-state index contributed by atoms with van der Waals surface area (Å²) >= 11 is 0. The number of nitrogens with zero attached hydrogens (tertiary/aromatic N) is 4. The number of hydrogen-bond donors (Lipinski definition) is 2. The predicted octanol–water partition coefficient (Wildman–Crippen LogP) is 2.77. The number of imidazole rings is 1. The normalized spacial score (nSPS) is 16.4. The fourth-order valence-corrected chi connectivity index (χ4v) is 3.97. The molecule has 0 spiro atoms. The lowest BCUT2D eigenvalue weighted by Crippen LogP contribution is -2.51. The number of nitriles is 1. The molecule has 0 saturated heterocycles. The minimum Gasteiger partial charge on any atom is -0.364 e. The van der Waals surface area contributed by atoms with Crippen LogP contribution in [0.3, 0.4) is 0 Å². The van der Waals surface area contributed by atoms with Gasteiger partial charge in [-0.3, -0.25) is 10.2 Å². The molecule has 2 aromatic carbocycles. The van der Waals surface area contributed by atoms with Crippen molar-refractivity contribution in [3.05, 3.63) is 83.4 Å². The molecule has 1 aromatic heterocycles. The Morgan fingerprint density at radius 3 is 2.83 bits per heavy atom. The average Bonchev–Trinajstić information content (AvgIpc) is 3.21. The summed E-state index contributed by atoms with van der Waals surface area (Å²) in [6.07, 6.45) is 4.30. The fourth-order valence-electron chi connectivity index (χ4n) is 3.97. The van der Waals surface area contributed by atoms with Gasteiger partial charge in [-0.15, -0.1) is 0 Å². The first-order chi connectivity index (χ1) is 14.6. The van der Waals surface area contributed by atoms with E-state index in [1.165, 1.54) is 12.5 Å². The van der Waals surface area contributed by atoms with Crippen LogP contribution < -0.4 is 10.3 Å². The van der Waals surface area contributed by atoms with Crippen LogP contribution in [0.25, 0.3) is 0 Å². The van der Waals surface area contributed by atoms with Crippen molar-refractivity contribution >= 4 is 11.6 Å². The number of fused-ring (bicyclic) bond motifs is 1. The zero-order chi connectivity index (χ0) is 20.9. The Morgan fingerprint density at radius 2 is 2.13 bits per heavy atom. The second kappa shape index (κ2) is 8.80. The van der Waals surface area contributed by atoms with Gasteiger partial charge in [-0.1, -0.05) is 30.3 Å². The summed E-state index contributed by atoms with van der Waals surface area (Å²) in [5, 5.41) is 11.4. The van der Waals surface area contributed by atoms with Crippen molar-refractivity contribution in [1.82, 2.24) is 20.4 Å². The number of rotatable bonds is 5. The van der Waals surface area contributed by atoms with Gasteiger partial charge in [0.15, 0.2) is 0 Å². The number of hydrogen-bond acceptors (Lipinski definition) is 5. The third-order valence-electron chi connectivity index (χ3n) is 5.29. The summed E-state index contributed by atoms with van der Waals surface area (Å²) in [7, 11) is 0. The van der Waals surface area contributed by atoms with E-state index in [1.54, 1.807) is 6.33 Å². The zero-order valence-electron chi connectivity index (χ0n) is 16.9. The number of amides is 1. The van der Waals surface area contributed by atoms with Crippen LogP contribution in [0.1, 0.15) is 29.3 Å². The van der Waals surface area contributed by atoms with Gasteiger partial charge in [-0.25, -0.2) is 9.99 Å². The summed E-state index contributed by atoms with van der Waals surface area (Å²) in [5.41, 5.74) is 7.92. The summed E-state index contributed by atoms with van der Waals surface area (Å²) in [4.78, 5) is 21.6. The first kappa shape index (κ1) is 19.7. The Hall–Kier alpha value is -3.63. The van der Waals surface area contributed by atoms with Crippen molar-refractivity contribution < 1.29 is 4.79 Å². The molecule has 7 heteroatoms. The highest BCUT2D eigenvalue weighted by Gasteiger charge is 2.29. The Morgan fingerprint density at radius 1 is 1.30 bits per heavy atom. The molecule has 7 nitrogen and oxygen atoms in total. The van der Waals surface area contributed by atoms with Crippen molar-refractivity contribution in [3.8, 4) is 6.07 Å². The highest BCUT2D eigenvalue weighted by Crippen LogP contribution is 2.30. The molecule has 0 saturated carbocycles. The molecule has 0 aliphatic carbocycles. The van der Waals surface area contributed by atoms with E-state index >= 15 is 0 Å². The predicted molar refractivity (Wildman–Crippen MR) is 114 cm³/mol. The van der Waals surface area contributed by atoms with E-state index in [-0.39, 0.29) is 11.9 Å². The average molecular weight is 400 g/mol. The van der Waals surface area contributed by atoms with Crippen molar-refractivity contribution in [1.29, 1.82) is 5.26 Å². The maximum absolute atomic E-state index is 12.0. The van der Waals surface area contributed by atoms with E-state index < -0.39 is 0 Å². The first-order valence-corrected chi connectivity index (χ1v) is 9.95. The monoisotopic (exact) mass is 400 g/mol. The number of hydrazine groups is 1. The number of aromatic amines is 1. The number of aromatic nitrogens is 2. The maximum atomic E-state index is 12.0. The molecule has 1 aliphatic heterocycles. The summed E-state index contributed by atoms with van der Waals surface area (Å²) in [6, 6.07) is 18.3. The van der Waals surface area contributed by atoms with Crippen LogP contribution in [-0.2, 0) is 24.3 Å². The minimum absolute atomic E-state index is 0.0529. The molecule has 30 heavy (non-hydrogen) atoms. The molecule has 1 aliphatic rings. The van der Waals surface area contributed by atoms with Gasteiger partial charge in [-0.2, -0.15) is 5.26 Å². The minimum atomic E-state index is -0.104. The molecule has 1 atom stereocenters. The smallest absolute Gasteiger partial charge is 0.231 e. The Labute approximate surface area is 175 Å². The number of H-pyrrole nitrogens is 1. The highest BCUT2D eigenvalue weighted by atomic mass is 16.2. The Bertz CT molecular complexity index is 1040. The molecular formula is C23H24N6O. The molecule has 152 valence electrons. The van der Waals surface area contributed by atoms with E-state index in [1.807, 2.05) is 47.6 Å². The van der Waals surface area contributed by atoms with Crippen molar-refractivity contribution in [2.75, 3.05) is 11.4 Å². The molecule has 2 N–H and O–H groups in total. The van der Waals surface area contributed by atoms with E-state index in [2.05, 4.69) is 38.5 Å². The molecule has 1 amide bonds. The lowest BCUT2D eigenvalue weighted by molar-refractivity contribution is -0.125. The molecule has 0 bridgehead atoms. The Balaban J connectivity index is 1.72. The quantitative estimate of drug-likeness (QED) is 0.688.